The van der Waals surface area contributed by atoms with Crippen LogP contribution in [0, 0.1) is 29.1 Å². The number of hydrogen-bond acceptors (Lipinski definition) is 3. The highest BCUT2D eigenvalue weighted by Crippen LogP contribution is 2.37. The van der Waals surface area contributed by atoms with Crippen LogP contribution >= 0.6 is 0 Å². The van der Waals surface area contributed by atoms with Crippen LogP contribution in [0.1, 0.15) is 53.4 Å². The second-order valence-electron chi connectivity index (χ2n) is 7.26. The standard InChI is InChI=1S/C17H33N3/c1-14(2)11-20(12-15(3)4)10-8-16-7-6-9-17(16,13-18)19-5/h14-16,19H,6-12H2,1-5H3. The van der Waals surface area contributed by atoms with Gasteiger partial charge in [-0.25, -0.2) is 0 Å². The molecule has 0 saturated heterocycles. The molecule has 3 heteroatoms. The first-order valence-corrected chi connectivity index (χ1v) is 8.26. The lowest BCUT2D eigenvalue weighted by Gasteiger charge is -2.32. The third-order valence-corrected chi connectivity index (χ3v) is 4.51. The molecule has 116 valence electrons. The van der Waals surface area contributed by atoms with Gasteiger partial charge in [0.1, 0.15) is 5.54 Å². The largest absolute Gasteiger partial charge is 0.303 e. The first-order chi connectivity index (χ1) is 9.43. The molecule has 0 spiro atoms. The molecular formula is C17H33N3. The van der Waals surface area contributed by atoms with Crippen molar-refractivity contribution in [2.45, 2.75) is 58.9 Å². The monoisotopic (exact) mass is 279 g/mol. The van der Waals surface area contributed by atoms with Crippen molar-refractivity contribution in [2.24, 2.45) is 17.8 Å². The van der Waals surface area contributed by atoms with E-state index in [-0.39, 0.29) is 5.54 Å². The van der Waals surface area contributed by atoms with E-state index in [0.717, 1.165) is 19.4 Å². The molecule has 0 radical (unpaired) electrons. The Hall–Kier alpha value is -0.590. The zero-order valence-electron chi connectivity index (χ0n) is 14.1. The Morgan fingerprint density at radius 3 is 2.30 bits per heavy atom. The summed E-state index contributed by atoms with van der Waals surface area (Å²) in [6, 6.07) is 2.55. The second-order valence-corrected chi connectivity index (χ2v) is 7.26. The van der Waals surface area contributed by atoms with E-state index >= 15 is 0 Å². The van der Waals surface area contributed by atoms with Crippen molar-refractivity contribution >= 4 is 0 Å². The average molecular weight is 279 g/mol. The molecule has 2 unspecified atom stereocenters. The van der Waals surface area contributed by atoms with E-state index in [0.29, 0.717) is 17.8 Å². The van der Waals surface area contributed by atoms with Crippen LogP contribution in [0.4, 0.5) is 0 Å². The van der Waals surface area contributed by atoms with Crippen LogP contribution in [0.5, 0.6) is 0 Å². The minimum absolute atomic E-state index is 0.263. The van der Waals surface area contributed by atoms with Crippen molar-refractivity contribution in [2.75, 3.05) is 26.7 Å². The average Bonchev–Trinajstić information content (AvgIpc) is 2.78. The fraction of sp³-hybridized carbons (Fsp3) is 0.941. The number of nitrogens with zero attached hydrogens (tertiary/aromatic N) is 2. The molecule has 1 aliphatic carbocycles. The summed E-state index contributed by atoms with van der Waals surface area (Å²) >= 11 is 0. The molecule has 0 amide bonds. The molecule has 0 heterocycles. The summed E-state index contributed by atoms with van der Waals surface area (Å²) in [6.45, 7) is 12.6. The van der Waals surface area contributed by atoms with Crippen LogP contribution in [-0.4, -0.2) is 37.1 Å². The number of nitrogens with one attached hydrogen (secondary N) is 1. The lowest BCUT2D eigenvalue weighted by molar-refractivity contribution is 0.191. The third kappa shape index (κ3) is 4.75. The second kappa shape index (κ2) is 8.00. The number of nitriles is 1. The van der Waals surface area contributed by atoms with E-state index in [9.17, 15) is 5.26 Å². The number of hydrogen-bond donors (Lipinski definition) is 1. The molecule has 1 N–H and O–H groups in total. The summed E-state index contributed by atoms with van der Waals surface area (Å²) < 4.78 is 0. The Morgan fingerprint density at radius 2 is 1.85 bits per heavy atom. The van der Waals surface area contributed by atoms with Crippen LogP contribution in [-0.2, 0) is 0 Å². The van der Waals surface area contributed by atoms with Gasteiger partial charge in [-0.2, -0.15) is 5.26 Å². The van der Waals surface area contributed by atoms with Crippen LogP contribution < -0.4 is 5.32 Å². The zero-order chi connectivity index (χ0) is 15.2. The van der Waals surface area contributed by atoms with Crippen LogP contribution in [0.2, 0.25) is 0 Å². The lowest BCUT2D eigenvalue weighted by Crippen LogP contribution is -2.46. The highest BCUT2D eigenvalue weighted by Gasteiger charge is 2.41. The normalized spacial score (nSPS) is 26.6. The molecule has 3 nitrogen and oxygen atoms in total. The molecule has 0 aliphatic heterocycles. The van der Waals surface area contributed by atoms with Crippen LogP contribution in [0.25, 0.3) is 0 Å². The van der Waals surface area contributed by atoms with Crippen molar-refractivity contribution in [3.8, 4) is 6.07 Å². The molecule has 1 aliphatic rings. The highest BCUT2D eigenvalue weighted by atomic mass is 15.1. The highest BCUT2D eigenvalue weighted by molar-refractivity contribution is 5.13. The summed E-state index contributed by atoms with van der Waals surface area (Å²) in [7, 11) is 1.95. The summed E-state index contributed by atoms with van der Waals surface area (Å²) in [5.41, 5.74) is -0.263. The van der Waals surface area contributed by atoms with Crippen molar-refractivity contribution in [3.63, 3.8) is 0 Å². The molecule has 0 bridgehead atoms. The Labute approximate surface area is 125 Å². The molecule has 0 aromatic rings. The van der Waals surface area contributed by atoms with E-state index in [1.165, 1.54) is 25.9 Å². The minimum atomic E-state index is -0.263. The van der Waals surface area contributed by atoms with Gasteiger partial charge >= 0.3 is 0 Å². The summed E-state index contributed by atoms with van der Waals surface area (Å²) in [4.78, 5) is 2.59. The molecular weight excluding hydrogens is 246 g/mol. The number of rotatable bonds is 8. The van der Waals surface area contributed by atoms with Crippen molar-refractivity contribution in [1.29, 1.82) is 5.26 Å². The van der Waals surface area contributed by atoms with Gasteiger partial charge in [0.15, 0.2) is 0 Å². The zero-order valence-corrected chi connectivity index (χ0v) is 14.1. The lowest BCUT2D eigenvalue weighted by atomic mass is 9.86. The maximum Gasteiger partial charge on any atom is 0.109 e. The first-order valence-electron chi connectivity index (χ1n) is 8.26. The Balaban J connectivity index is 2.55. The third-order valence-electron chi connectivity index (χ3n) is 4.51. The summed E-state index contributed by atoms with van der Waals surface area (Å²) in [5, 5.41) is 12.8. The van der Waals surface area contributed by atoms with Gasteiger partial charge in [-0.1, -0.05) is 34.1 Å². The topological polar surface area (TPSA) is 39.1 Å². The molecule has 0 aromatic heterocycles. The van der Waals surface area contributed by atoms with Crippen molar-refractivity contribution in [3.05, 3.63) is 0 Å². The van der Waals surface area contributed by atoms with Gasteiger partial charge in [0.05, 0.1) is 6.07 Å². The predicted molar refractivity (Wildman–Crippen MR) is 85.5 cm³/mol. The Bertz CT molecular complexity index is 309. The van der Waals surface area contributed by atoms with E-state index in [1.54, 1.807) is 0 Å². The molecule has 0 aromatic carbocycles. The van der Waals surface area contributed by atoms with Gasteiger partial charge in [-0.15, -0.1) is 0 Å². The fourth-order valence-corrected chi connectivity index (χ4v) is 3.63. The van der Waals surface area contributed by atoms with E-state index in [4.69, 9.17) is 0 Å². The van der Waals surface area contributed by atoms with Gasteiger partial charge in [-0.05, 0) is 50.6 Å². The summed E-state index contributed by atoms with van der Waals surface area (Å²) in [5.74, 6) is 1.93. The maximum absolute atomic E-state index is 9.52. The Morgan fingerprint density at radius 1 is 1.25 bits per heavy atom. The molecule has 20 heavy (non-hydrogen) atoms. The molecule has 1 rings (SSSR count). The maximum atomic E-state index is 9.52. The van der Waals surface area contributed by atoms with Crippen LogP contribution in [0.3, 0.4) is 0 Å². The first kappa shape index (κ1) is 17.5. The van der Waals surface area contributed by atoms with Gasteiger partial charge in [0.25, 0.3) is 0 Å². The molecule has 1 saturated carbocycles. The van der Waals surface area contributed by atoms with Crippen molar-refractivity contribution in [1.82, 2.24) is 10.2 Å². The SMILES string of the molecule is CNC1(C#N)CCCC1CCN(CC(C)C)CC(C)C. The Kier molecular flexibility index (Phi) is 6.99. The van der Waals surface area contributed by atoms with Crippen LogP contribution in [0.15, 0.2) is 0 Å². The minimum Gasteiger partial charge on any atom is -0.303 e. The van der Waals surface area contributed by atoms with E-state index in [2.05, 4.69) is 44.0 Å². The quantitative estimate of drug-likeness (QED) is 0.741. The van der Waals surface area contributed by atoms with Gasteiger partial charge in [0.2, 0.25) is 0 Å². The van der Waals surface area contributed by atoms with Gasteiger partial charge in [-0.3, -0.25) is 0 Å². The smallest absolute Gasteiger partial charge is 0.109 e. The van der Waals surface area contributed by atoms with E-state index in [1.807, 2.05) is 7.05 Å². The van der Waals surface area contributed by atoms with Crippen molar-refractivity contribution < 1.29 is 0 Å². The molecule has 2 atom stereocenters. The fourth-order valence-electron chi connectivity index (χ4n) is 3.63. The summed E-state index contributed by atoms with van der Waals surface area (Å²) in [6.07, 6.45) is 4.55. The molecule has 1 fully saturated rings. The van der Waals surface area contributed by atoms with Gasteiger partial charge < -0.3 is 10.2 Å². The van der Waals surface area contributed by atoms with E-state index < -0.39 is 0 Å². The van der Waals surface area contributed by atoms with Gasteiger partial charge in [0, 0.05) is 13.1 Å². The predicted octanol–water partition coefficient (Wildman–Crippen LogP) is 3.27.